The van der Waals surface area contributed by atoms with Crippen molar-refractivity contribution in [2.75, 3.05) is 12.3 Å². The molecule has 4 heteroatoms. The van der Waals surface area contributed by atoms with E-state index in [1.54, 1.807) is 17.8 Å². The first-order valence-corrected chi connectivity index (χ1v) is 4.90. The molecule has 64 valence electrons. The Morgan fingerprint density at radius 3 is 3.08 bits per heavy atom. The van der Waals surface area contributed by atoms with Crippen LogP contribution in [0.1, 0.15) is 6.42 Å². The van der Waals surface area contributed by atoms with E-state index in [0.717, 1.165) is 17.6 Å². The third-order valence-corrected chi connectivity index (χ3v) is 3.50. The molecule has 0 bridgehead atoms. The summed E-state index contributed by atoms with van der Waals surface area (Å²) >= 11 is 1.74. The van der Waals surface area contributed by atoms with E-state index in [1.165, 1.54) is 0 Å². The zero-order valence-corrected chi connectivity index (χ0v) is 7.34. The molecule has 2 saturated heterocycles. The van der Waals surface area contributed by atoms with Crippen LogP contribution in [0.2, 0.25) is 0 Å². The van der Waals surface area contributed by atoms with Gasteiger partial charge in [-0.3, -0.25) is 9.59 Å². The van der Waals surface area contributed by atoms with Crippen LogP contribution in [-0.2, 0) is 9.59 Å². The molecule has 12 heavy (non-hydrogen) atoms. The zero-order valence-electron chi connectivity index (χ0n) is 6.53. The first-order valence-electron chi connectivity index (χ1n) is 3.85. The minimum Gasteiger partial charge on any atom is -0.326 e. The minimum atomic E-state index is 0.212. The summed E-state index contributed by atoms with van der Waals surface area (Å²) in [6, 6.07) is 0. The van der Waals surface area contributed by atoms with Crippen LogP contribution >= 0.6 is 11.8 Å². The summed E-state index contributed by atoms with van der Waals surface area (Å²) < 4.78 is 0. The number of hydrogen-bond donors (Lipinski definition) is 0. The van der Waals surface area contributed by atoms with Gasteiger partial charge in [0, 0.05) is 12.3 Å². The number of allylic oxidation sites excluding steroid dienone is 1. The van der Waals surface area contributed by atoms with Crippen LogP contribution in [0, 0.1) is 0 Å². The lowest BCUT2D eigenvalue weighted by Gasteiger charge is -2.44. The number of carbonyl (C=O) groups excluding carboxylic acids is 2. The number of hydrogen-bond acceptors (Lipinski definition) is 3. The maximum absolute atomic E-state index is 11.0. The largest absolute Gasteiger partial charge is 0.326 e. The smallest absolute Gasteiger partial charge is 0.226 e. The Balaban J connectivity index is 2.04. The molecule has 2 aliphatic heterocycles. The molecule has 2 fully saturated rings. The number of β-lactam (4-membered cyclic amide) rings is 1. The molecule has 1 atom stereocenters. The lowest BCUT2D eigenvalue weighted by Crippen LogP contribution is -2.53. The second kappa shape index (κ2) is 2.94. The second-order valence-corrected chi connectivity index (χ2v) is 4.12. The van der Waals surface area contributed by atoms with Crippen molar-refractivity contribution in [1.82, 2.24) is 4.90 Å². The van der Waals surface area contributed by atoms with Crippen molar-refractivity contribution in [3.63, 3.8) is 0 Å². The van der Waals surface area contributed by atoms with E-state index in [4.69, 9.17) is 0 Å². The maximum Gasteiger partial charge on any atom is 0.226 e. The highest BCUT2D eigenvalue weighted by atomic mass is 32.2. The van der Waals surface area contributed by atoms with Crippen LogP contribution in [0.3, 0.4) is 0 Å². The molecule has 2 rings (SSSR count). The maximum atomic E-state index is 11.0. The second-order valence-electron chi connectivity index (χ2n) is 2.95. The Morgan fingerprint density at radius 2 is 2.42 bits per heavy atom. The van der Waals surface area contributed by atoms with Gasteiger partial charge in [0.2, 0.25) is 5.91 Å². The van der Waals surface area contributed by atoms with E-state index >= 15 is 0 Å². The van der Waals surface area contributed by atoms with Gasteiger partial charge in [0.25, 0.3) is 0 Å². The number of rotatable bonds is 1. The summed E-state index contributed by atoms with van der Waals surface area (Å²) in [5.41, 5.74) is 1.05. The normalized spacial score (nSPS) is 31.3. The fourth-order valence-electron chi connectivity index (χ4n) is 1.43. The topological polar surface area (TPSA) is 37.4 Å². The average molecular weight is 183 g/mol. The Morgan fingerprint density at radius 1 is 1.58 bits per heavy atom. The fourth-order valence-corrected chi connectivity index (χ4v) is 2.66. The lowest BCUT2D eigenvalue weighted by molar-refractivity contribution is -0.141. The van der Waals surface area contributed by atoms with Crippen molar-refractivity contribution < 1.29 is 9.59 Å². The fraction of sp³-hybridized carbons (Fsp3) is 0.500. The lowest BCUT2D eigenvalue weighted by atomic mass is 10.1. The van der Waals surface area contributed by atoms with Crippen LogP contribution in [0.5, 0.6) is 0 Å². The highest BCUT2D eigenvalue weighted by molar-refractivity contribution is 8.00. The molecule has 0 saturated carbocycles. The van der Waals surface area contributed by atoms with Crippen molar-refractivity contribution in [1.29, 1.82) is 0 Å². The molecule has 2 aliphatic rings. The van der Waals surface area contributed by atoms with Gasteiger partial charge in [-0.25, -0.2) is 0 Å². The Labute approximate surface area is 74.8 Å². The molecule has 0 aromatic carbocycles. The first kappa shape index (κ1) is 7.86. The first-order chi connectivity index (χ1) is 5.81. The molecule has 1 amide bonds. The molecule has 0 aromatic rings. The molecule has 0 unspecified atom stereocenters. The summed E-state index contributed by atoms with van der Waals surface area (Å²) in [7, 11) is 0. The van der Waals surface area contributed by atoms with Gasteiger partial charge in [0.05, 0.1) is 11.8 Å². The molecule has 0 N–H and O–H groups in total. The Hall–Kier alpha value is -0.770. The van der Waals surface area contributed by atoms with E-state index < -0.39 is 0 Å². The van der Waals surface area contributed by atoms with E-state index in [1.807, 2.05) is 4.90 Å². The SMILES string of the molecule is O=CC=C1CS[C@H]2CC(=O)N2C1. The minimum absolute atomic E-state index is 0.212. The van der Waals surface area contributed by atoms with Gasteiger partial charge < -0.3 is 4.90 Å². The highest BCUT2D eigenvalue weighted by Crippen LogP contribution is 2.35. The predicted octanol–water partition coefficient (Wildman–Crippen LogP) is 0.417. The summed E-state index contributed by atoms with van der Waals surface area (Å²) in [6.45, 7) is 0.662. The van der Waals surface area contributed by atoms with Crippen LogP contribution in [0.15, 0.2) is 11.6 Å². The number of thioether (sulfide) groups is 1. The van der Waals surface area contributed by atoms with Gasteiger partial charge in [0.15, 0.2) is 0 Å². The molecular formula is C8H9NO2S. The van der Waals surface area contributed by atoms with Crippen LogP contribution in [0.25, 0.3) is 0 Å². The summed E-state index contributed by atoms with van der Waals surface area (Å²) in [4.78, 5) is 23.0. The monoisotopic (exact) mass is 183 g/mol. The summed E-state index contributed by atoms with van der Waals surface area (Å²) in [6.07, 6.45) is 3.04. The molecule has 0 radical (unpaired) electrons. The van der Waals surface area contributed by atoms with Crippen LogP contribution in [-0.4, -0.2) is 34.8 Å². The van der Waals surface area contributed by atoms with Crippen molar-refractivity contribution >= 4 is 24.0 Å². The Bertz CT molecular complexity index is 262. The summed E-state index contributed by atoms with van der Waals surface area (Å²) in [5, 5.41) is 0.390. The van der Waals surface area contributed by atoms with E-state index in [0.29, 0.717) is 18.3 Å². The Kier molecular flexibility index (Phi) is 1.92. The summed E-state index contributed by atoms with van der Waals surface area (Å²) in [5.74, 6) is 1.11. The quantitative estimate of drug-likeness (QED) is 0.336. The molecule has 0 aromatic heterocycles. The molecule has 0 spiro atoms. The molecular weight excluding hydrogens is 174 g/mol. The van der Waals surface area contributed by atoms with Gasteiger partial charge in [-0.15, -0.1) is 11.8 Å². The average Bonchev–Trinajstić information content (AvgIpc) is 2.07. The molecule has 2 heterocycles. The molecule has 0 aliphatic carbocycles. The van der Waals surface area contributed by atoms with Crippen molar-refractivity contribution in [2.45, 2.75) is 11.8 Å². The van der Waals surface area contributed by atoms with Crippen LogP contribution < -0.4 is 0 Å². The third kappa shape index (κ3) is 1.16. The third-order valence-electron chi connectivity index (χ3n) is 2.16. The zero-order chi connectivity index (χ0) is 8.55. The molecule has 3 nitrogen and oxygen atoms in total. The van der Waals surface area contributed by atoms with Crippen molar-refractivity contribution in [3.05, 3.63) is 11.6 Å². The number of amides is 1. The standard InChI is InChI=1S/C8H9NO2S/c10-2-1-6-4-9-7(11)3-8(9)12-5-6/h1-2,8H,3-5H2/t8-/m0/s1. The van der Waals surface area contributed by atoms with E-state index in [-0.39, 0.29) is 5.91 Å². The number of fused-ring (bicyclic) bond motifs is 1. The van der Waals surface area contributed by atoms with Gasteiger partial charge in [-0.2, -0.15) is 0 Å². The van der Waals surface area contributed by atoms with Crippen molar-refractivity contribution in [3.8, 4) is 0 Å². The van der Waals surface area contributed by atoms with Gasteiger partial charge in [0.1, 0.15) is 6.29 Å². The number of aldehydes is 1. The van der Waals surface area contributed by atoms with E-state index in [9.17, 15) is 9.59 Å². The number of nitrogens with zero attached hydrogens (tertiary/aromatic N) is 1. The number of carbonyl (C=O) groups is 2. The predicted molar refractivity (Wildman–Crippen MR) is 46.7 cm³/mol. The van der Waals surface area contributed by atoms with Crippen molar-refractivity contribution in [2.24, 2.45) is 0 Å². The van der Waals surface area contributed by atoms with Crippen LogP contribution in [0.4, 0.5) is 0 Å². The van der Waals surface area contributed by atoms with Gasteiger partial charge in [-0.1, -0.05) is 0 Å². The van der Waals surface area contributed by atoms with Gasteiger partial charge in [-0.05, 0) is 11.6 Å². The highest BCUT2D eigenvalue weighted by Gasteiger charge is 2.39. The van der Waals surface area contributed by atoms with E-state index in [2.05, 4.69) is 0 Å². The van der Waals surface area contributed by atoms with Gasteiger partial charge >= 0.3 is 0 Å².